The number of pyridine rings is 1. The fraction of sp³-hybridized carbons (Fsp3) is 0.250. The molecule has 0 aliphatic carbocycles. The van der Waals surface area contributed by atoms with E-state index in [4.69, 9.17) is 27.1 Å². The second kappa shape index (κ2) is 15.2. The third kappa shape index (κ3) is 7.63. The van der Waals surface area contributed by atoms with Crippen LogP contribution in [-0.2, 0) is 6.54 Å². The zero-order valence-electron chi connectivity index (χ0n) is 25.9. The fourth-order valence-corrected chi connectivity index (χ4v) is 6.32. The van der Waals surface area contributed by atoms with E-state index in [0.717, 1.165) is 56.8 Å². The molecule has 1 saturated heterocycles. The summed E-state index contributed by atoms with van der Waals surface area (Å²) >= 11 is 13.3. The summed E-state index contributed by atoms with van der Waals surface area (Å²) in [6.45, 7) is 2.75. The first-order chi connectivity index (χ1) is 23.3. The van der Waals surface area contributed by atoms with Gasteiger partial charge >= 0.3 is 6.03 Å². The molecule has 0 bridgehead atoms. The maximum atomic E-state index is 11.5. The van der Waals surface area contributed by atoms with Gasteiger partial charge in [0, 0.05) is 61.3 Å². The average Bonchev–Trinajstić information content (AvgIpc) is 3.68. The van der Waals surface area contributed by atoms with E-state index >= 15 is 0 Å². The lowest BCUT2D eigenvalue weighted by molar-refractivity contribution is 0.177. The molecule has 5 aromatic heterocycles. The minimum Gasteiger partial charge on any atom is -0.481 e. The number of benzene rings is 1. The van der Waals surface area contributed by atoms with Crippen molar-refractivity contribution in [1.29, 1.82) is 0 Å². The van der Waals surface area contributed by atoms with Crippen molar-refractivity contribution in [1.82, 2.24) is 39.1 Å². The Kier molecular flexibility index (Phi) is 10.6. The van der Waals surface area contributed by atoms with Gasteiger partial charge in [0.2, 0.25) is 5.88 Å². The zero-order valence-corrected chi connectivity index (χ0v) is 29.8. The standard InChI is InChI=1S/C19H20BrClN6O.C13H12BrN5O/c20-14-10-24-27-17(23-9-12-4-3-7-26(11-12)19(22)28)8-16(25-18(14)27)13-5-1-2-6-15(13)21;1-20-12-5-11(16-7-9-3-2-4-15-6-9)19-13(18-12)10(14)8-17-19/h1-2,5-6,8,10,12,23H,3-4,7,9,11H2,(H2,22,28);2-6,8,16H,7H2,1H3. The van der Waals surface area contributed by atoms with Crippen LogP contribution in [0.2, 0.25) is 5.02 Å². The van der Waals surface area contributed by atoms with E-state index in [-0.39, 0.29) is 6.03 Å². The Labute approximate surface area is 298 Å². The molecule has 7 rings (SSSR count). The minimum atomic E-state index is -0.354. The molecule has 1 fully saturated rings. The Morgan fingerprint density at radius 2 is 1.73 bits per heavy atom. The highest BCUT2D eigenvalue weighted by atomic mass is 79.9. The highest BCUT2D eigenvalue weighted by Crippen LogP contribution is 2.31. The predicted molar refractivity (Wildman–Crippen MR) is 192 cm³/mol. The number of hydrogen-bond acceptors (Lipinski definition) is 9. The van der Waals surface area contributed by atoms with Gasteiger partial charge in [-0.15, -0.1) is 0 Å². The lowest BCUT2D eigenvalue weighted by atomic mass is 9.98. The molecule has 0 spiro atoms. The molecule has 1 aliphatic heterocycles. The van der Waals surface area contributed by atoms with Crippen LogP contribution < -0.4 is 21.1 Å². The summed E-state index contributed by atoms with van der Waals surface area (Å²) in [6, 6.07) is 14.9. The first-order valence-electron chi connectivity index (χ1n) is 15.1. The van der Waals surface area contributed by atoms with Crippen LogP contribution in [0.25, 0.3) is 22.6 Å². The van der Waals surface area contributed by atoms with Gasteiger partial charge in [-0.05, 0) is 68.3 Å². The van der Waals surface area contributed by atoms with Crippen LogP contribution in [0.1, 0.15) is 18.4 Å². The molecule has 6 aromatic rings. The molecular formula is C32H32Br2ClN11O2. The molecule has 4 N–H and O–H groups in total. The Morgan fingerprint density at radius 1 is 1.00 bits per heavy atom. The number of amides is 2. The smallest absolute Gasteiger partial charge is 0.314 e. The Bertz CT molecular complexity index is 2040. The number of ether oxygens (including phenoxy) is 1. The number of hydrogen-bond donors (Lipinski definition) is 3. The number of anilines is 2. The number of carbonyl (C=O) groups is 1. The molecule has 1 unspecified atom stereocenters. The van der Waals surface area contributed by atoms with Crippen LogP contribution in [0, 0.1) is 5.92 Å². The van der Waals surface area contributed by atoms with Crippen molar-refractivity contribution in [2.24, 2.45) is 11.7 Å². The predicted octanol–water partition coefficient (Wildman–Crippen LogP) is 6.52. The third-order valence-electron chi connectivity index (χ3n) is 7.79. The van der Waals surface area contributed by atoms with Gasteiger partial charge in [-0.2, -0.15) is 24.2 Å². The number of piperidine rings is 1. The summed E-state index contributed by atoms with van der Waals surface area (Å²) in [5.74, 6) is 2.49. The molecule has 48 heavy (non-hydrogen) atoms. The topological polar surface area (TPSA) is 153 Å². The van der Waals surface area contributed by atoms with Gasteiger partial charge in [0.25, 0.3) is 0 Å². The number of nitrogens with zero attached hydrogens (tertiary/aromatic N) is 8. The summed E-state index contributed by atoms with van der Waals surface area (Å²) in [7, 11) is 1.59. The molecule has 2 amide bonds. The molecular weight excluding hydrogens is 766 g/mol. The zero-order chi connectivity index (χ0) is 33.6. The van der Waals surface area contributed by atoms with Crippen LogP contribution in [-0.4, -0.2) is 71.9 Å². The number of carbonyl (C=O) groups excluding carboxylic acids is 1. The van der Waals surface area contributed by atoms with Crippen molar-refractivity contribution < 1.29 is 9.53 Å². The third-order valence-corrected chi connectivity index (χ3v) is 9.24. The lowest BCUT2D eigenvalue weighted by Gasteiger charge is -2.31. The van der Waals surface area contributed by atoms with Crippen LogP contribution in [0.15, 0.2) is 82.3 Å². The summed E-state index contributed by atoms with van der Waals surface area (Å²) in [5.41, 5.74) is 9.57. The van der Waals surface area contributed by atoms with Gasteiger partial charge < -0.3 is 26.0 Å². The Morgan fingerprint density at radius 3 is 2.42 bits per heavy atom. The highest BCUT2D eigenvalue weighted by Gasteiger charge is 2.22. The quantitative estimate of drug-likeness (QED) is 0.156. The number of aromatic nitrogens is 7. The number of nitrogens with one attached hydrogen (secondary N) is 2. The van der Waals surface area contributed by atoms with Crippen molar-refractivity contribution in [2.45, 2.75) is 19.4 Å². The van der Waals surface area contributed by atoms with Crippen molar-refractivity contribution in [3.63, 3.8) is 0 Å². The molecule has 13 nitrogen and oxygen atoms in total. The second-order valence-corrected chi connectivity index (χ2v) is 13.2. The van der Waals surface area contributed by atoms with Gasteiger partial charge in [0.05, 0.1) is 34.1 Å². The normalized spacial score (nSPS) is 14.4. The van der Waals surface area contributed by atoms with E-state index in [1.807, 2.05) is 54.7 Å². The van der Waals surface area contributed by atoms with Crippen LogP contribution >= 0.6 is 43.5 Å². The molecule has 1 aromatic carbocycles. The lowest BCUT2D eigenvalue weighted by Crippen LogP contribution is -2.44. The summed E-state index contributed by atoms with van der Waals surface area (Å²) in [5, 5.41) is 16.1. The van der Waals surface area contributed by atoms with Crippen molar-refractivity contribution >= 4 is 72.4 Å². The fourth-order valence-electron chi connectivity index (χ4n) is 5.39. The molecule has 1 aliphatic rings. The number of fused-ring (bicyclic) bond motifs is 2. The van der Waals surface area contributed by atoms with Gasteiger partial charge in [-0.1, -0.05) is 35.9 Å². The van der Waals surface area contributed by atoms with Crippen LogP contribution in [0.3, 0.4) is 0 Å². The number of rotatable bonds is 8. The molecule has 16 heteroatoms. The van der Waals surface area contributed by atoms with Crippen molar-refractivity contribution in [3.05, 3.63) is 92.8 Å². The van der Waals surface area contributed by atoms with Gasteiger partial charge in [-0.3, -0.25) is 4.98 Å². The maximum Gasteiger partial charge on any atom is 0.314 e. The van der Waals surface area contributed by atoms with E-state index in [1.54, 1.807) is 39.6 Å². The molecule has 0 saturated carbocycles. The average molecular weight is 798 g/mol. The number of nitrogens with two attached hydrogens (primary N) is 1. The largest absolute Gasteiger partial charge is 0.481 e. The van der Waals surface area contributed by atoms with Gasteiger partial charge in [-0.25, -0.2) is 9.78 Å². The van der Waals surface area contributed by atoms with E-state index in [9.17, 15) is 4.79 Å². The van der Waals surface area contributed by atoms with E-state index in [0.29, 0.717) is 47.7 Å². The molecule has 1 atom stereocenters. The molecule has 248 valence electrons. The minimum absolute atomic E-state index is 0.326. The van der Waals surface area contributed by atoms with Gasteiger partial charge in [0.15, 0.2) is 11.3 Å². The van der Waals surface area contributed by atoms with Gasteiger partial charge in [0.1, 0.15) is 11.6 Å². The number of halogens is 3. The summed E-state index contributed by atoms with van der Waals surface area (Å²) < 4.78 is 10.3. The molecule has 0 radical (unpaired) electrons. The first-order valence-corrected chi connectivity index (χ1v) is 17.1. The monoisotopic (exact) mass is 795 g/mol. The Hall–Kier alpha value is -4.47. The first kappa shape index (κ1) is 33.4. The maximum absolute atomic E-state index is 11.5. The second-order valence-electron chi connectivity index (χ2n) is 11.0. The number of likely N-dealkylation sites (tertiary alicyclic amines) is 1. The van der Waals surface area contributed by atoms with E-state index in [2.05, 4.69) is 62.7 Å². The highest BCUT2D eigenvalue weighted by molar-refractivity contribution is 9.11. The van der Waals surface area contributed by atoms with Crippen molar-refractivity contribution in [2.75, 3.05) is 37.4 Å². The Balaban J connectivity index is 0.000000177. The van der Waals surface area contributed by atoms with Crippen LogP contribution in [0.5, 0.6) is 5.88 Å². The van der Waals surface area contributed by atoms with E-state index in [1.165, 1.54) is 0 Å². The molecule has 6 heterocycles. The number of urea groups is 1. The number of primary amides is 1. The number of methoxy groups -OCH3 is 1. The van der Waals surface area contributed by atoms with E-state index < -0.39 is 0 Å². The summed E-state index contributed by atoms with van der Waals surface area (Å²) in [4.78, 5) is 26.3. The summed E-state index contributed by atoms with van der Waals surface area (Å²) in [6.07, 6.45) is 9.00. The SMILES string of the molecule is COc1cc(NCc2cccnc2)n2ncc(Br)c2n1.NC(=O)N1CCCC(CNc2cc(-c3ccccc3Cl)nc3c(Br)cnn23)C1. The van der Waals surface area contributed by atoms with Crippen LogP contribution in [0.4, 0.5) is 16.4 Å². The van der Waals surface area contributed by atoms with Crippen molar-refractivity contribution in [3.8, 4) is 17.1 Å².